The molecule has 2 atom stereocenters. The van der Waals surface area contributed by atoms with Crippen LogP contribution < -0.4 is 14.8 Å². The van der Waals surface area contributed by atoms with Gasteiger partial charge in [0.25, 0.3) is 5.92 Å². The van der Waals surface area contributed by atoms with Crippen molar-refractivity contribution in [1.82, 2.24) is 10.2 Å². The van der Waals surface area contributed by atoms with E-state index >= 15 is 0 Å². The zero-order valence-corrected chi connectivity index (χ0v) is 18.9. The van der Waals surface area contributed by atoms with Crippen molar-refractivity contribution in [3.05, 3.63) is 53.5 Å². The predicted molar refractivity (Wildman–Crippen MR) is 121 cm³/mol. The molecule has 1 unspecified atom stereocenters. The van der Waals surface area contributed by atoms with Gasteiger partial charge in [-0.25, -0.2) is 4.39 Å². The summed E-state index contributed by atoms with van der Waals surface area (Å²) in [7, 11) is 1.55. The molecule has 1 aromatic carbocycles. The largest absolute Gasteiger partial charge is 0.493 e. The Kier molecular flexibility index (Phi) is 7.08. The zero-order valence-electron chi connectivity index (χ0n) is 18.9. The molecule has 0 bridgehead atoms. The summed E-state index contributed by atoms with van der Waals surface area (Å²) in [5, 5.41) is 21.8. The number of hydrogen-bond acceptors (Lipinski definition) is 7. The van der Waals surface area contributed by atoms with Crippen molar-refractivity contribution in [2.24, 2.45) is 5.92 Å². The number of ether oxygens (including phenoxy) is 3. The molecule has 0 radical (unpaired) electrons. The summed E-state index contributed by atoms with van der Waals surface area (Å²) in [4.78, 5) is 0. The van der Waals surface area contributed by atoms with Crippen LogP contribution in [-0.4, -0.2) is 60.8 Å². The molecule has 0 saturated carbocycles. The lowest BCUT2D eigenvalue weighted by Gasteiger charge is -2.20. The van der Waals surface area contributed by atoms with Crippen LogP contribution in [0.1, 0.15) is 12.1 Å². The number of methoxy groups -OCH3 is 1. The number of alkyl halides is 2. The third kappa shape index (κ3) is 4.88. The number of nitrogens with zero attached hydrogens (tertiary/aromatic N) is 2. The standard InChI is InChI=1S/C24H26F3N3O4/c1-14-17-9-20(32-2)21(34-16-7-8-33-12-16)10-18(17)23(30-29-14)28-11-15-5-3-4-6-19(22(15)25)24(26,27)13-31/h3-6,9-10,15-16,31H,7-8,11-13H2,1-2H3,(H,28,30)/t15?,16-/m0/s1. The molecule has 1 aliphatic carbocycles. The second kappa shape index (κ2) is 10.0. The molecule has 1 aliphatic heterocycles. The van der Waals surface area contributed by atoms with E-state index in [4.69, 9.17) is 19.3 Å². The summed E-state index contributed by atoms with van der Waals surface area (Å²) in [6.45, 7) is 1.37. The van der Waals surface area contributed by atoms with Gasteiger partial charge in [-0.2, -0.15) is 13.9 Å². The quantitative estimate of drug-likeness (QED) is 0.592. The monoisotopic (exact) mass is 477 g/mol. The number of rotatable bonds is 8. The highest BCUT2D eigenvalue weighted by molar-refractivity contribution is 5.95. The molecule has 2 heterocycles. The normalized spacial score (nSPS) is 20.6. The van der Waals surface area contributed by atoms with Crippen LogP contribution in [0.25, 0.3) is 10.8 Å². The Morgan fingerprint density at radius 3 is 2.71 bits per heavy atom. The first-order chi connectivity index (χ1) is 16.3. The van der Waals surface area contributed by atoms with E-state index in [0.717, 1.165) is 17.9 Å². The average Bonchev–Trinajstić information content (AvgIpc) is 3.26. The fourth-order valence-corrected chi connectivity index (χ4v) is 3.92. The molecule has 182 valence electrons. The number of halogens is 3. The maximum Gasteiger partial charge on any atom is 0.298 e. The van der Waals surface area contributed by atoms with Crippen LogP contribution in [0.2, 0.25) is 0 Å². The van der Waals surface area contributed by atoms with Crippen molar-refractivity contribution in [3.8, 4) is 11.5 Å². The predicted octanol–water partition coefficient (Wildman–Crippen LogP) is 4.12. The minimum atomic E-state index is -3.69. The molecule has 2 N–H and O–H groups in total. The number of nitrogens with one attached hydrogen (secondary N) is 1. The minimum Gasteiger partial charge on any atom is -0.493 e. The van der Waals surface area contributed by atoms with Crippen molar-refractivity contribution in [1.29, 1.82) is 0 Å². The molecular formula is C24H26F3N3O4. The Hall–Kier alpha value is -3.11. The third-order valence-corrected chi connectivity index (χ3v) is 5.81. The van der Waals surface area contributed by atoms with Gasteiger partial charge in [0.2, 0.25) is 0 Å². The topological polar surface area (TPSA) is 85.7 Å². The highest BCUT2D eigenvalue weighted by Crippen LogP contribution is 2.38. The maximum atomic E-state index is 15.0. The molecule has 1 saturated heterocycles. The Labute approximate surface area is 194 Å². The highest BCUT2D eigenvalue weighted by atomic mass is 19.3. The summed E-state index contributed by atoms with van der Waals surface area (Å²) in [6, 6.07) is 3.57. The van der Waals surface area contributed by atoms with Crippen LogP contribution in [0.5, 0.6) is 11.5 Å². The Morgan fingerprint density at radius 2 is 2.00 bits per heavy atom. The summed E-state index contributed by atoms with van der Waals surface area (Å²) in [5.41, 5.74) is -0.185. The van der Waals surface area contributed by atoms with E-state index in [-0.39, 0.29) is 12.6 Å². The summed E-state index contributed by atoms with van der Waals surface area (Å²) < 4.78 is 60.0. The van der Waals surface area contributed by atoms with E-state index in [1.165, 1.54) is 18.2 Å². The van der Waals surface area contributed by atoms with Gasteiger partial charge in [0, 0.05) is 29.7 Å². The van der Waals surface area contributed by atoms with Gasteiger partial charge in [0.15, 0.2) is 17.3 Å². The molecule has 34 heavy (non-hydrogen) atoms. The van der Waals surface area contributed by atoms with E-state index in [0.29, 0.717) is 41.6 Å². The first kappa shape index (κ1) is 24.0. The molecule has 10 heteroatoms. The van der Waals surface area contributed by atoms with Crippen LogP contribution in [-0.2, 0) is 4.74 Å². The lowest BCUT2D eigenvalue weighted by molar-refractivity contribution is -0.0150. The minimum absolute atomic E-state index is 0.0550. The number of fused-ring (bicyclic) bond motifs is 1. The Morgan fingerprint density at radius 1 is 1.21 bits per heavy atom. The maximum absolute atomic E-state index is 15.0. The fraction of sp³-hybridized carbons (Fsp3) is 0.417. The van der Waals surface area contributed by atoms with Crippen LogP contribution in [0.4, 0.5) is 19.0 Å². The van der Waals surface area contributed by atoms with Crippen molar-refractivity contribution in [3.63, 3.8) is 0 Å². The zero-order chi connectivity index (χ0) is 24.3. The molecule has 1 fully saturated rings. The van der Waals surface area contributed by atoms with Crippen molar-refractivity contribution in [2.75, 3.05) is 38.8 Å². The molecule has 2 aromatic rings. The lowest BCUT2D eigenvalue weighted by Crippen LogP contribution is -2.26. The van der Waals surface area contributed by atoms with Gasteiger partial charge in [-0.3, -0.25) is 0 Å². The first-order valence-corrected chi connectivity index (χ1v) is 10.9. The van der Waals surface area contributed by atoms with Gasteiger partial charge >= 0.3 is 0 Å². The van der Waals surface area contributed by atoms with E-state index in [1.807, 2.05) is 0 Å². The Balaban J connectivity index is 1.65. The number of aliphatic hydroxyl groups is 1. The van der Waals surface area contributed by atoms with Crippen molar-refractivity contribution < 1.29 is 32.5 Å². The van der Waals surface area contributed by atoms with Crippen LogP contribution in [0.15, 0.2) is 47.8 Å². The highest BCUT2D eigenvalue weighted by Gasteiger charge is 2.36. The SMILES string of the molecule is COc1cc2c(C)nnc(NCC3C=CC=CC(C(F)(F)CO)=C3F)c2cc1O[C@H]1CCOC1. The van der Waals surface area contributed by atoms with Crippen LogP contribution in [0, 0.1) is 12.8 Å². The van der Waals surface area contributed by atoms with E-state index in [9.17, 15) is 13.2 Å². The van der Waals surface area contributed by atoms with Crippen molar-refractivity contribution in [2.45, 2.75) is 25.4 Å². The number of aliphatic hydroxyl groups excluding tert-OH is 1. The smallest absolute Gasteiger partial charge is 0.298 e. The fourth-order valence-electron chi connectivity index (χ4n) is 3.92. The van der Waals surface area contributed by atoms with Gasteiger partial charge in [-0.1, -0.05) is 24.3 Å². The second-order valence-corrected chi connectivity index (χ2v) is 8.14. The average molecular weight is 477 g/mol. The van der Waals surface area contributed by atoms with Gasteiger partial charge < -0.3 is 24.6 Å². The summed E-state index contributed by atoms with van der Waals surface area (Å²) in [5.74, 6) is -4.31. The van der Waals surface area contributed by atoms with Gasteiger partial charge in [-0.05, 0) is 19.1 Å². The molecule has 0 amide bonds. The lowest BCUT2D eigenvalue weighted by atomic mass is 10.0. The van der Waals surface area contributed by atoms with Crippen LogP contribution in [0.3, 0.4) is 0 Å². The Bertz CT molecular complexity index is 1140. The number of aromatic nitrogens is 2. The second-order valence-electron chi connectivity index (χ2n) is 8.14. The number of hydrogen-bond donors (Lipinski definition) is 2. The van der Waals surface area contributed by atoms with Gasteiger partial charge in [0.05, 0.1) is 31.6 Å². The molecular weight excluding hydrogens is 451 g/mol. The van der Waals surface area contributed by atoms with E-state index < -0.39 is 29.8 Å². The molecule has 1 aromatic heterocycles. The molecule has 4 rings (SSSR count). The van der Waals surface area contributed by atoms with Gasteiger partial charge in [0.1, 0.15) is 18.5 Å². The van der Waals surface area contributed by atoms with E-state index in [2.05, 4.69) is 15.5 Å². The number of allylic oxidation sites excluding steroid dienone is 3. The summed E-state index contributed by atoms with van der Waals surface area (Å²) >= 11 is 0. The third-order valence-electron chi connectivity index (χ3n) is 5.81. The molecule has 7 nitrogen and oxygen atoms in total. The number of anilines is 1. The number of benzene rings is 1. The van der Waals surface area contributed by atoms with E-state index in [1.54, 1.807) is 26.2 Å². The number of aryl methyl sites for hydroxylation is 1. The first-order valence-electron chi connectivity index (χ1n) is 10.9. The van der Waals surface area contributed by atoms with Crippen molar-refractivity contribution >= 4 is 16.6 Å². The molecule has 0 spiro atoms. The molecule has 2 aliphatic rings. The van der Waals surface area contributed by atoms with Crippen LogP contribution >= 0.6 is 0 Å². The van der Waals surface area contributed by atoms with Gasteiger partial charge in [-0.15, -0.1) is 5.10 Å². The summed E-state index contributed by atoms with van der Waals surface area (Å²) in [6.07, 6.45) is 5.92.